The molecule has 1 unspecified atom stereocenters. The molecule has 1 saturated heterocycles. The molecule has 19 heavy (non-hydrogen) atoms. The van der Waals surface area contributed by atoms with Crippen molar-refractivity contribution in [3.63, 3.8) is 0 Å². The second kappa shape index (κ2) is 6.02. The molecule has 1 aromatic carbocycles. The summed E-state index contributed by atoms with van der Waals surface area (Å²) in [5, 5.41) is 14.2. The molecule has 1 aliphatic rings. The Labute approximate surface area is 113 Å². The summed E-state index contributed by atoms with van der Waals surface area (Å²) in [5.41, 5.74) is 1.20. The number of hydrogen-bond donors (Lipinski definition) is 1. The molecule has 0 saturated carbocycles. The molecular weight excluding hydrogens is 242 g/mol. The molecule has 0 spiro atoms. The van der Waals surface area contributed by atoms with Crippen LogP contribution in [0.5, 0.6) is 0 Å². The number of anilines is 1. The maximum Gasteiger partial charge on any atom is 0.269 e. The van der Waals surface area contributed by atoms with Gasteiger partial charge in [0.05, 0.1) is 4.92 Å². The quantitative estimate of drug-likeness (QED) is 0.655. The summed E-state index contributed by atoms with van der Waals surface area (Å²) in [6.45, 7) is 6.35. The van der Waals surface area contributed by atoms with Gasteiger partial charge >= 0.3 is 0 Å². The molecule has 1 aromatic rings. The first-order chi connectivity index (χ1) is 9.08. The predicted octanol–water partition coefficient (Wildman–Crippen LogP) is 2.56. The lowest BCUT2D eigenvalue weighted by atomic mass is 10.1. The van der Waals surface area contributed by atoms with Crippen LogP contribution in [0.15, 0.2) is 24.3 Å². The summed E-state index contributed by atoms with van der Waals surface area (Å²) in [4.78, 5) is 12.6. The van der Waals surface area contributed by atoms with Gasteiger partial charge in [0.1, 0.15) is 0 Å². The monoisotopic (exact) mass is 263 g/mol. The van der Waals surface area contributed by atoms with E-state index < -0.39 is 0 Å². The van der Waals surface area contributed by atoms with E-state index in [1.807, 2.05) is 12.1 Å². The molecule has 1 aliphatic heterocycles. The SMILES string of the molecule is CC(C)N(CC1CCCN1)c1ccc([N+](=O)[O-])cc1. The first-order valence-electron chi connectivity index (χ1n) is 6.82. The zero-order valence-corrected chi connectivity index (χ0v) is 11.5. The highest BCUT2D eigenvalue weighted by Gasteiger charge is 2.20. The third-order valence-electron chi connectivity index (χ3n) is 3.59. The van der Waals surface area contributed by atoms with Crippen molar-refractivity contribution < 1.29 is 4.92 Å². The van der Waals surface area contributed by atoms with Crippen molar-refractivity contribution in [2.24, 2.45) is 0 Å². The van der Waals surface area contributed by atoms with E-state index >= 15 is 0 Å². The zero-order chi connectivity index (χ0) is 13.8. The standard InChI is InChI=1S/C14H21N3O2/c1-11(2)16(10-12-4-3-9-15-12)13-5-7-14(8-6-13)17(18)19/h5-8,11-12,15H,3-4,9-10H2,1-2H3. The van der Waals surface area contributed by atoms with Crippen molar-refractivity contribution in [2.45, 2.75) is 38.8 Å². The second-order valence-corrected chi connectivity index (χ2v) is 5.31. The Bertz CT molecular complexity index is 425. The molecule has 5 heteroatoms. The summed E-state index contributed by atoms with van der Waals surface area (Å²) < 4.78 is 0. The highest BCUT2D eigenvalue weighted by Crippen LogP contribution is 2.22. The van der Waals surface area contributed by atoms with Gasteiger partial charge in [0.2, 0.25) is 0 Å². The highest BCUT2D eigenvalue weighted by atomic mass is 16.6. The van der Waals surface area contributed by atoms with Gasteiger partial charge in [-0.1, -0.05) is 0 Å². The third-order valence-corrected chi connectivity index (χ3v) is 3.59. The van der Waals surface area contributed by atoms with Gasteiger partial charge in [-0.05, 0) is 45.4 Å². The van der Waals surface area contributed by atoms with Gasteiger partial charge in [0, 0.05) is 36.4 Å². The lowest BCUT2D eigenvalue weighted by Crippen LogP contribution is -2.41. The molecule has 2 rings (SSSR count). The number of rotatable bonds is 5. The van der Waals surface area contributed by atoms with Gasteiger partial charge in [-0.3, -0.25) is 10.1 Å². The molecule has 0 bridgehead atoms. The highest BCUT2D eigenvalue weighted by molar-refractivity contribution is 5.51. The number of benzene rings is 1. The van der Waals surface area contributed by atoms with Crippen LogP contribution in [-0.4, -0.2) is 30.1 Å². The van der Waals surface area contributed by atoms with Crippen molar-refractivity contribution in [3.8, 4) is 0 Å². The molecule has 5 nitrogen and oxygen atoms in total. The topological polar surface area (TPSA) is 58.4 Å². The molecular formula is C14H21N3O2. The number of hydrogen-bond acceptors (Lipinski definition) is 4. The van der Waals surface area contributed by atoms with Crippen molar-refractivity contribution >= 4 is 11.4 Å². The maximum atomic E-state index is 10.7. The minimum absolute atomic E-state index is 0.145. The van der Waals surface area contributed by atoms with E-state index in [-0.39, 0.29) is 10.6 Å². The fraction of sp³-hybridized carbons (Fsp3) is 0.571. The Morgan fingerprint density at radius 2 is 2.11 bits per heavy atom. The molecule has 1 heterocycles. The number of nitro groups is 1. The number of nitro benzene ring substituents is 1. The van der Waals surface area contributed by atoms with Gasteiger partial charge in [0.25, 0.3) is 5.69 Å². The summed E-state index contributed by atoms with van der Waals surface area (Å²) in [7, 11) is 0. The summed E-state index contributed by atoms with van der Waals surface area (Å²) in [6, 6.07) is 7.74. The lowest BCUT2D eigenvalue weighted by Gasteiger charge is -2.31. The minimum Gasteiger partial charge on any atom is -0.368 e. The van der Waals surface area contributed by atoms with Crippen LogP contribution >= 0.6 is 0 Å². The predicted molar refractivity (Wildman–Crippen MR) is 76.6 cm³/mol. The van der Waals surface area contributed by atoms with Crippen molar-refractivity contribution in [1.82, 2.24) is 5.32 Å². The smallest absolute Gasteiger partial charge is 0.269 e. The Kier molecular flexibility index (Phi) is 4.37. The fourth-order valence-electron chi connectivity index (χ4n) is 2.53. The number of nitrogens with one attached hydrogen (secondary N) is 1. The lowest BCUT2D eigenvalue weighted by molar-refractivity contribution is -0.384. The Hall–Kier alpha value is -1.62. The molecule has 1 fully saturated rings. The summed E-state index contributed by atoms with van der Waals surface area (Å²) in [5.74, 6) is 0. The van der Waals surface area contributed by atoms with Gasteiger partial charge < -0.3 is 10.2 Å². The van der Waals surface area contributed by atoms with Gasteiger partial charge in [-0.15, -0.1) is 0 Å². The first-order valence-corrected chi connectivity index (χ1v) is 6.82. The van der Waals surface area contributed by atoms with Crippen LogP contribution in [-0.2, 0) is 0 Å². The molecule has 0 amide bonds. The van der Waals surface area contributed by atoms with Crippen molar-refractivity contribution in [3.05, 3.63) is 34.4 Å². The first kappa shape index (κ1) is 13.8. The minimum atomic E-state index is -0.359. The van der Waals surface area contributed by atoms with Crippen molar-refractivity contribution in [1.29, 1.82) is 0 Å². The van der Waals surface area contributed by atoms with Crippen LogP contribution < -0.4 is 10.2 Å². The van der Waals surface area contributed by atoms with Gasteiger partial charge in [0.15, 0.2) is 0 Å². The molecule has 0 aliphatic carbocycles. The summed E-state index contributed by atoms with van der Waals surface area (Å²) in [6.07, 6.45) is 2.44. The second-order valence-electron chi connectivity index (χ2n) is 5.31. The molecule has 0 radical (unpaired) electrons. The van der Waals surface area contributed by atoms with E-state index in [4.69, 9.17) is 0 Å². The van der Waals surface area contributed by atoms with Crippen LogP contribution in [0.2, 0.25) is 0 Å². The van der Waals surface area contributed by atoms with Gasteiger partial charge in [-0.25, -0.2) is 0 Å². The van der Waals surface area contributed by atoms with E-state index in [1.54, 1.807) is 12.1 Å². The number of nitrogens with zero attached hydrogens (tertiary/aromatic N) is 2. The maximum absolute atomic E-state index is 10.7. The Morgan fingerprint density at radius 3 is 2.58 bits per heavy atom. The average Bonchev–Trinajstić information content (AvgIpc) is 2.88. The van der Waals surface area contributed by atoms with Gasteiger partial charge in [-0.2, -0.15) is 0 Å². The summed E-state index contributed by atoms with van der Waals surface area (Å²) >= 11 is 0. The fourth-order valence-corrected chi connectivity index (χ4v) is 2.53. The van der Waals surface area contributed by atoms with E-state index in [9.17, 15) is 10.1 Å². The normalized spacial score (nSPS) is 18.8. The van der Waals surface area contributed by atoms with E-state index in [1.165, 1.54) is 12.8 Å². The Balaban J connectivity index is 2.11. The van der Waals surface area contributed by atoms with E-state index in [0.29, 0.717) is 12.1 Å². The van der Waals surface area contributed by atoms with E-state index in [2.05, 4.69) is 24.1 Å². The molecule has 1 N–H and O–H groups in total. The average molecular weight is 263 g/mol. The molecule has 104 valence electrons. The van der Waals surface area contributed by atoms with Crippen molar-refractivity contribution in [2.75, 3.05) is 18.0 Å². The van der Waals surface area contributed by atoms with E-state index in [0.717, 1.165) is 18.8 Å². The van der Waals surface area contributed by atoms with Crippen LogP contribution in [0.1, 0.15) is 26.7 Å². The largest absolute Gasteiger partial charge is 0.368 e. The van der Waals surface area contributed by atoms with Crippen LogP contribution in [0, 0.1) is 10.1 Å². The van der Waals surface area contributed by atoms with Crippen LogP contribution in [0.4, 0.5) is 11.4 Å². The molecule has 1 atom stereocenters. The van der Waals surface area contributed by atoms with Crippen LogP contribution in [0.3, 0.4) is 0 Å². The van der Waals surface area contributed by atoms with Crippen LogP contribution in [0.25, 0.3) is 0 Å². The Morgan fingerprint density at radius 1 is 1.42 bits per heavy atom. The third kappa shape index (κ3) is 3.44. The molecule has 0 aromatic heterocycles. The number of non-ortho nitro benzene ring substituents is 1. The zero-order valence-electron chi connectivity index (χ0n) is 11.5.